The molecule has 5 heteroatoms. The molecule has 1 aromatic rings. The van der Waals surface area contributed by atoms with Gasteiger partial charge in [-0.3, -0.25) is 9.59 Å². The van der Waals surface area contributed by atoms with Gasteiger partial charge < -0.3 is 10.2 Å². The molecule has 0 unspecified atom stereocenters. The van der Waals surface area contributed by atoms with Gasteiger partial charge in [-0.25, -0.2) is 0 Å². The third kappa shape index (κ3) is 2.46. The van der Waals surface area contributed by atoms with Crippen molar-refractivity contribution in [1.29, 1.82) is 0 Å². The van der Waals surface area contributed by atoms with Crippen molar-refractivity contribution in [2.75, 3.05) is 13.1 Å². The Kier molecular flexibility index (Phi) is 3.54. The van der Waals surface area contributed by atoms with Gasteiger partial charge in [-0.1, -0.05) is 6.92 Å². The Hall–Kier alpha value is -1.36. The summed E-state index contributed by atoms with van der Waals surface area (Å²) in [5.41, 5.74) is -0.0299. The summed E-state index contributed by atoms with van der Waals surface area (Å²) >= 11 is 1.60. The first-order valence-corrected chi connectivity index (χ1v) is 8.12. The average molecular weight is 292 g/mol. The summed E-state index contributed by atoms with van der Waals surface area (Å²) in [6, 6.07) is 3.98. The Morgan fingerprint density at radius 2 is 2.10 bits per heavy atom. The quantitative estimate of drug-likeness (QED) is 0.908. The third-order valence-electron chi connectivity index (χ3n) is 4.46. The molecule has 2 saturated heterocycles. The number of amides is 2. The molecule has 2 amide bonds. The smallest absolute Gasteiger partial charge is 0.263 e. The summed E-state index contributed by atoms with van der Waals surface area (Å²) < 4.78 is 0. The fraction of sp³-hybridized carbons (Fsp3) is 0.600. The van der Waals surface area contributed by atoms with Crippen LogP contribution in [-0.4, -0.2) is 35.3 Å². The molecule has 3 rings (SSSR count). The van der Waals surface area contributed by atoms with Crippen molar-refractivity contribution in [3.8, 4) is 0 Å². The molecule has 2 aliphatic heterocycles. The minimum Gasteiger partial charge on any atom is -0.351 e. The van der Waals surface area contributed by atoms with Crippen LogP contribution in [0.2, 0.25) is 0 Å². The molecule has 2 aliphatic rings. The molecular weight excluding hydrogens is 272 g/mol. The molecule has 0 saturated carbocycles. The highest BCUT2D eigenvalue weighted by Gasteiger charge is 2.41. The van der Waals surface area contributed by atoms with Gasteiger partial charge in [0.2, 0.25) is 5.91 Å². The number of rotatable bonds is 2. The van der Waals surface area contributed by atoms with Crippen molar-refractivity contribution in [1.82, 2.24) is 10.2 Å². The summed E-state index contributed by atoms with van der Waals surface area (Å²) in [7, 11) is 0. The topological polar surface area (TPSA) is 49.4 Å². The van der Waals surface area contributed by atoms with Crippen molar-refractivity contribution in [3.05, 3.63) is 21.9 Å². The van der Waals surface area contributed by atoms with Crippen LogP contribution in [0.3, 0.4) is 0 Å². The number of hydrogen-bond acceptors (Lipinski definition) is 3. The van der Waals surface area contributed by atoms with E-state index in [9.17, 15) is 9.59 Å². The zero-order chi connectivity index (χ0) is 14.2. The van der Waals surface area contributed by atoms with Crippen LogP contribution in [0.15, 0.2) is 12.1 Å². The normalized spacial score (nSPS) is 21.2. The number of carbonyl (C=O) groups excluding carboxylic acids is 2. The van der Waals surface area contributed by atoms with Crippen LogP contribution in [0.5, 0.6) is 0 Å². The lowest BCUT2D eigenvalue weighted by molar-refractivity contribution is -0.120. The predicted molar refractivity (Wildman–Crippen MR) is 78.9 cm³/mol. The van der Waals surface area contributed by atoms with Crippen molar-refractivity contribution < 1.29 is 9.59 Å². The van der Waals surface area contributed by atoms with E-state index in [0.717, 1.165) is 43.6 Å². The van der Waals surface area contributed by atoms with Crippen LogP contribution in [0.4, 0.5) is 0 Å². The van der Waals surface area contributed by atoms with Crippen LogP contribution in [-0.2, 0) is 11.2 Å². The number of thiophene rings is 1. The maximum absolute atomic E-state index is 12.4. The molecule has 4 nitrogen and oxygen atoms in total. The first kappa shape index (κ1) is 13.6. The van der Waals surface area contributed by atoms with Crippen LogP contribution in [0.25, 0.3) is 0 Å². The summed E-state index contributed by atoms with van der Waals surface area (Å²) in [6.07, 6.45) is 4.31. The summed E-state index contributed by atoms with van der Waals surface area (Å²) in [6.45, 7) is 3.60. The lowest BCUT2D eigenvalue weighted by Crippen LogP contribution is -2.52. The molecule has 0 bridgehead atoms. The highest BCUT2D eigenvalue weighted by Crippen LogP contribution is 2.32. The first-order chi connectivity index (χ1) is 9.62. The largest absolute Gasteiger partial charge is 0.351 e. The molecular formula is C15H20N2O2S. The van der Waals surface area contributed by atoms with E-state index in [1.54, 1.807) is 11.3 Å². The van der Waals surface area contributed by atoms with Crippen LogP contribution in [0.1, 0.15) is 47.2 Å². The first-order valence-electron chi connectivity index (χ1n) is 7.31. The van der Waals surface area contributed by atoms with Gasteiger partial charge in [0, 0.05) is 29.9 Å². The Morgan fingerprint density at radius 3 is 2.65 bits per heavy atom. The van der Waals surface area contributed by atoms with Crippen molar-refractivity contribution in [3.63, 3.8) is 0 Å². The average Bonchev–Trinajstić information content (AvgIpc) is 3.06. The van der Waals surface area contributed by atoms with Crippen LogP contribution < -0.4 is 5.32 Å². The van der Waals surface area contributed by atoms with Gasteiger partial charge in [-0.05, 0) is 37.8 Å². The number of carbonyl (C=O) groups is 2. The lowest BCUT2D eigenvalue weighted by atomic mass is 9.86. The fourth-order valence-corrected chi connectivity index (χ4v) is 4.04. The maximum Gasteiger partial charge on any atom is 0.263 e. The van der Waals surface area contributed by atoms with Crippen molar-refractivity contribution >= 4 is 23.2 Å². The second-order valence-electron chi connectivity index (χ2n) is 5.74. The lowest BCUT2D eigenvalue weighted by Gasteiger charge is -2.39. The molecule has 20 heavy (non-hydrogen) atoms. The Balaban J connectivity index is 1.63. The SMILES string of the molecule is CCc1ccc(C(=O)N2CCC3(CCC(=O)N3)CC2)s1. The zero-order valence-corrected chi connectivity index (χ0v) is 12.6. The predicted octanol–water partition coefficient (Wildman–Crippen LogP) is 2.20. The van der Waals surface area contributed by atoms with E-state index in [0.29, 0.717) is 6.42 Å². The zero-order valence-electron chi connectivity index (χ0n) is 11.8. The van der Waals surface area contributed by atoms with Gasteiger partial charge in [-0.2, -0.15) is 0 Å². The monoisotopic (exact) mass is 292 g/mol. The van der Waals surface area contributed by atoms with E-state index in [4.69, 9.17) is 0 Å². The summed E-state index contributed by atoms with van der Waals surface area (Å²) in [5, 5.41) is 3.11. The van der Waals surface area contributed by atoms with E-state index in [-0.39, 0.29) is 17.4 Å². The van der Waals surface area contributed by atoms with E-state index >= 15 is 0 Å². The van der Waals surface area contributed by atoms with Gasteiger partial charge in [0.15, 0.2) is 0 Å². The second kappa shape index (κ2) is 5.20. The van der Waals surface area contributed by atoms with Crippen LogP contribution >= 0.6 is 11.3 Å². The molecule has 0 radical (unpaired) electrons. The maximum atomic E-state index is 12.4. The van der Waals surface area contributed by atoms with Gasteiger partial charge in [0.05, 0.1) is 4.88 Å². The molecule has 0 atom stereocenters. The minimum atomic E-state index is -0.0299. The molecule has 1 N–H and O–H groups in total. The number of likely N-dealkylation sites (tertiary alicyclic amines) is 1. The fourth-order valence-electron chi connectivity index (χ4n) is 3.13. The number of nitrogens with zero attached hydrogens (tertiary/aromatic N) is 1. The number of hydrogen-bond donors (Lipinski definition) is 1. The van der Waals surface area contributed by atoms with Gasteiger partial charge in [0.25, 0.3) is 5.91 Å². The molecule has 3 heterocycles. The second-order valence-corrected chi connectivity index (χ2v) is 6.91. The Labute approximate surface area is 123 Å². The summed E-state index contributed by atoms with van der Waals surface area (Å²) in [4.78, 5) is 27.9. The molecule has 1 spiro atoms. The molecule has 0 aromatic carbocycles. The molecule has 1 aromatic heterocycles. The molecule has 108 valence electrons. The van der Waals surface area contributed by atoms with E-state index in [1.807, 2.05) is 17.0 Å². The molecule has 2 fully saturated rings. The highest BCUT2D eigenvalue weighted by atomic mass is 32.1. The number of aryl methyl sites for hydroxylation is 1. The van der Waals surface area contributed by atoms with Crippen molar-refractivity contribution in [2.24, 2.45) is 0 Å². The van der Waals surface area contributed by atoms with E-state index in [2.05, 4.69) is 12.2 Å². The van der Waals surface area contributed by atoms with Crippen molar-refractivity contribution in [2.45, 2.75) is 44.6 Å². The standard InChI is InChI=1S/C15H20N2O2S/c1-2-11-3-4-12(20-11)14(19)17-9-7-15(8-10-17)6-5-13(18)16-15/h3-4H,2,5-10H2,1H3,(H,16,18). The van der Waals surface area contributed by atoms with Gasteiger partial charge >= 0.3 is 0 Å². The Morgan fingerprint density at radius 1 is 1.35 bits per heavy atom. The van der Waals surface area contributed by atoms with E-state index in [1.165, 1.54) is 4.88 Å². The third-order valence-corrected chi connectivity index (χ3v) is 5.68. The molecule has 0 aliphatic carbocycles. The van der Waals surface area contributed by atoms with Gasteiger partial charge in [0.1, 0.15) is 0 Å². The number of nitrogens with one attached hydrogen (secondary N) is 1. The number of piperidine rings is 1. The van der Waals surface area contributed by atoms with Crippen LogP contribution in [0, 0.1) is 0 Å². The van der Waals surface area contributed by atoms with Gasteiger partial charge in [-0.15, -0.1) is 11.3 Å². The summed E-state index contributed by atoms with van der Waals surface area (Å²) in [5.74, 6) is 0.310. The highest BCUT2D eigenvalue weighted by molar-refractivity contribution is 7.14. The van der Waals surface area contributed by atoms with E-state index < -0.39 is 0 Å². The Bertz CT molecular complexity index is 530. The minimum absolute atomic E-state index is 0.0299.